The maximum absolute atomic E-state index is 11.5. The van der Waals surface area contributed by atoms with E-state index in [1.807, 2.05) is 0 Å². The van der Waals surface area contributed by atoms with Crippen molar-refractivity contribution in [1.82, 2.24) is 0 Å². The Balaban J connectivity index is 3.09. The lowest BCUT2D eigenvalue weighted by Gasteiger charge is -2.04. The molecule has 1 rings (SSSR count). The van der Waals surface area contributed by atoms with Crippen molar-refractivity contribution in [3.63, 3.8) is 0 Å². The minimum Gasteiger partial charge on any atom is -0.618 e. The van der Waals surface area contributed by atoms with E-state index in [-0.39, 0.29) is 0 Å². The molecule has 0 saturated heterocycles. The molecular weight excluding hydrogens is 186 g/mol. The summed E-state index contributed by atoms with van der Waals surface area (Å²) in [6.45, 7) is 5.22. The average Bonchev–Trinajstić information content (AvgIpc) is 2.17. The first-order chi connectivity index (χ1) is 6.15. The van der Waals surface area contributed by atoms with Crippen LogP contribution >= 0.6 is 11.6 Å². The van der Waals surface area contributed by atoms with Crippen molar-refractivity contribution in [2.75, 3.05) is 0 Å². The Labute approximate surface area is 82.4 Å². The van der Waals surface area contributed by atoms with Gasteiger partial charge in [0.15, 0.2) is 5.71 Å². The Morgan fingerprint density at radius 3 is 2.46 bits per heavy atom. The molecule has 0 unspecified atom stereocenters. The second-order valence-electron chi connectivity index (χ2n) is 2.62. The minimum atomic E-state index is 0.557. The van der Waals surface area contributed by atoms with Crippen LogP contribution in [-0.2, 0) is 0 Å². The molecule has 2 nitrogen and oxygen atoms in total. The quantitative estimate of drug-likeness (QED) is 0.308. The predicted molar refractivity (Wildman–Crippen MR) is 55.6 cm³/mol. The van der Waals surface area contributed by atoms with Gasteiger partial charge in [0.25, 0.3) is 0 Å². The SMILES string of the molecule is C=C/C(C)=[N+](/[O-])c1ccc(Cl)cc1. The van der Waals surface area contributed by atoms with Gasteiger partial charge in [0, 0.05) is 24.1 Å². The number of benzene rings is 1. The van der Waals surface area contributed by atoms with E-state index >= 15 is 0 Å². The van der Waals surface area contributed by atoms with E-state index in [1.165, 1.54) is 6.08 Å². The van der Waals surface area contributed by atoms with Crippen LogP contribution in [0.5, 0.6) is 0 Å². The molecule has 0 saturated carbocycles. The van der Waals surface area contributed by atoms with Crippen molar-refractivity contribution in [3.8, 4) is 0 Å². The number of halogens is 1. The molecule has 0 bridgehead atoms. The van der Waals surface area contributed by atoms with E-state index in [0.29, 0.717) is 16.4 Å². The van der Waals surface area contributed by atoms with Crippen molar-refractivity contribution < 1.29 is 4.74 Å². The Morgan fingerprint density at radius 1 is 1.46 bits per heavy atom. The summed E-state index contributed by atoms with van der Waals surface area (Å²) in [4.78, 5) is 0. The van der Waals surface area contributed by atoms with Gasteiger partial charge in [-0.1, -0.05) is 18.2 Å². The monoisotopic (exact) mass is 195 g/mol. The van der Waals surface area contributed by atoms with Crippen LogP contribution in [0.3, 0.4) is 0 Å². The summed E-state index contributed by atoms with van der Waals surface area (Å²) in [6.07, 6.45) is 1.52. The van der Waals surface area contributed by atoms with E-state index in [2.05, 4.69) is 6.58 Å². The molecule has 0 aromatic heterocycles. The molecule has 0 fully saturated rings. The number of allylic oxidation sites excluding steroid dienone is 1. The smallest absolute Gasteiger partial charge is 0.216 e. The highest BCUT2D eigenvalue weighted by atomic mass is 35.5. The average molecular weight is 196 g/mol. The summed E-state index contributed by atoms with van der Waals surface area (Å²) >= 11 is 5.68. The lowest BCUT2D eigenvalue weighted by Crippen LogP contribution is -2.03. The van der Waals surface area contributed by atoms with Gasteiger partial charge >= 0.3 is 0 Å². The Bertz CT molecular complexity index is 340. The Kier molecular flexibility index (Phi) is 3.09. The fraction of sp³-hybridized carbons (Fsp3) is 0.100. The van der Waals surface area contributed by atoms with Gasteiger partial charge in [-0.25, -0.2) is 0 Å². The van der Waals surface area contributed by atoms with Gasteiger partial charge in [0.1, 0.15) is 0 Å². The zero-order valence-electron chi connectivity index (χ0n) is 7.33. The molecule has 13 heavy (non-hydrogen) atoms. The zero-order chi connectivity index (χ0) is 9.84. The van der Waals surface area contributed by atoms with Crippen LogP contribution in [0.15, 0.2) is 36.9 Å². The molecule has 0 N–H and O–H groups in total. The molecule has 0 atom stereocenters. The van der Waals surface area contributed by atoms with Gasteiger partial charge in [-0.3, -0.25) is 0 Å². The lowest BCUT2D eigenvalue weighted by atomic mass is 10.3. The number of rotatable bonds is 2. The molecule has 0 amide bonds. The Hall–Kier alpha value is -1.28. The molecule has 3 heteroatoms. The van der Waals surface area contributed by atoms with Gasteiger partial charge in [-0.15, -0.1) is 0 Å². The van der Waals surface area contributed by atoms with Gasteiger partial charge in [-0.05, 0) is 18.2 Å². The summed E-state index contributed by atoms with van der Waals surface area (Å²) in [5, 5.41) is 12.1. The van der Waals surface area contributed by atoms with Gasteiger partial charge in [-0.2, -0.15) is 4.74 Å². The van der Waals surface area contributed by atoms with Crippen molar-refractivity contribution >= 4 is 23.0 Å². The van der Waals surface area contributed by atoms with Crippen LogP contribution in [-0.4, -0.2) is 10.5 Å². The molecular formula is C10H10ClNO. The van der Waals surface area contributed by atoms with Crippen LogP contribution in [0.4, 0.5) is 5.69 Å². The third kappa shape index (κ3) is 2.33. The minimum absolute atomic E-state index is 0.557. The van der Waals surface area contributed by atoms with Gasteiger partial charge in [0.05, 0.1) is 0 Å². The zero-order valence-corrected chi connectivity index (χ0v) is 8.08. The fourth-order valence-electron chi connectivity index (χ4n) is 0.863. The third-order valence-electron chi connectivity index (χ3n) is 1.68. The molecule has 0 spiro atoms. The molecule has 0 aliphatic heterocycles. The number of hydrogen-bond donors (Lipinski definition) is 0. The van der Waals surface area contributed by atoms with Gasteiger partial charge < -0.3 is 5.21 Å². The summed E-state index contributed by atoms with van der Waals surface area (Å²) in [7, 11) is 0. The van der Waals surface area contributed by atoms with Crippen molar-refractivity contribution in [2.45, 2.75) is 6.92 Å². The standard InChI is InChI=1S/C10H10ClNO/c1-3-8(2)12(13)10-6-4-9(11)5-7-10/h3-7H,1H2,2H3/b12-8+. The van der Waals surface area contributed by atoms with Crippen molar-refractivity contribution in [3.05, 3.63) is 47.2 Å². The highest BCUT2D eigenvalue weighted by Crippen LogP contribution is 2.15. The van der Waals surface area contributed by atoms with Crippen LogP contribution < -0.4 is 0 Å². The normalized spacial score (nSPS) is 12.2. The first-order valence-corrected chi connectivity index (χ1v) is 4.22. The molecule has 68 valence electrons. The Morgan fingerprint density at radius 2 is 2.00 bits per heavy atom. The van der Waals surface area contributed by atoms with Crippen LogP contribution in [0.1, 0.15) is 6.92 Å². The van der Waals surface area contributed by atoms with E-state index < -0.39 is 0 Å². The van der Waals surface area contributed by atoms with E-state index in [9.17, 15) is 5.21 Å². The second kappa shape index (κ2) is 4.10. The summed E-state index contributed by atoms with van der Waals surface area (Å²) < 4.78 is 0.809. The second-order valence-corrected chi connectivity index (χ2v) is 3.05. The van der Waals surface area contributed by atoms with E-state index in [4.69, 9.17) is 11.6 Å². The first-order valence-electron chi connectivity index (χ1n) is 3.84. The summed E-state index contributed by atoms with van der Waals surface area (Å²) in [5.41, 5.74) is 1.11. The van der Waals surface area contributed by atoms with Crippen molar-refractivity contribution in [1.29, 1.82) is 0 Å². The topological polar surface area (TPSA) is 26.1 Å². The number of nitrogens with zero attached hydrogens (tertiary/aromatic N) is 1. The summed E-state index contributed by atoms with van der Waals surface area (Å²) in [6, 6.07) is 6.70. The highest BCUT2D eigenvalue weighted by molar-refractivity contribution is 6.30. The largest absolute Gasteiger partial charge is 0.618 e. The van der Waals surface area contributed by atoms with Crippen LogP contribution in [0, 0.1) is 5.21 Å². The summed E-state index contributed by atoms with van der Waals surface area (Å²) in [5.74, 6) is 0. The lowest BCUT2D eigenvalue weighted by molar-refractivity contribution is -0.360. The van der Waals surface area contributed by atoms with Crippen LogP contribution in [0.2, 0.25) is 5.02 Å². The first kappa shape index (κ1) is 9.81. The van der Waals surface area contributed by atoms with Crippen LogP contribution in [0.25, 0.3) is 0 Å². The third-order valence-corrected chi connectivity index (χ3v) is 1.93. The highest BCUT2D eigenvalue weighted by Gasteiger charge is 2.02. The molecule has 0 aliphatic rings. The van der Waals surface area contributed by atoms with Crippen molar-refractivity contribution in [2.24, 2.45) is 0 Å². The molecule has 1 aromatic rings. The predicted octanol–water partition coefficient (Wildman–Crippen LogP) is 3.13. The number of hydrogen-bond acceptors (Lipinski definition) is 1. The van der Waals surface area contributed by atoms with E-state index in [1.54, 1.807) is 31.2 Å². The maximum atomic E-state index is 11.5. The molecule has 0 radical (unpaired) electrons. The fourth-order valence-corrected chi connectivity index (χ4v) is 0.989. The molecule has 0 heterocycles. The van der Waals surface area contributed by atoms with Gasteiger partial charge in [0.2, 0.25) is 5.69 Å². The van der Waals surface area contributed by atoms with E-state index in [0.717, 1.165) is 4.74 Å². The molecule has 0 aliphatic carbocycles. The maximum Gasteiger partial charge on any atom is 0.216 e. The molecule has 1 aromatic carbocycles.